The number of aromatic amines is 1. The molecule has 4 heterocycles. The molecule has 2 atom stereocenters. The molecular weight excluding hydrogens is 407 g/mol. The second-order valence-corrected chi connectivity index (χ2v) is 7.84. The Kier molecular flexibility index (Phi) is 5.00. The summed E-state index contributed by atoms with van der Waals surface area (Å²) in [7, 11) is 0. The summed E-state index contributed by atoms with van der Waals surface area (Å²) in [5, 5.41) is 24.3. The Labute approximate surface area is 183 Å². The second kappa shape index (κ2) is 8.12. The van der Waals surface area contributed by atoms with Gasteiger partial charge in [0.2, 0.25) is 0 Å². The van der Waals surface area contributed by atoms with Crippen molar-refractivity contribution in [1.82, 2.24) is 24.7 Å². The van der Waals surface area contributed by atoms with Crippen LogP contribution in [0.5, 0.6) is 0 Å². The molecule has 0 amide bonds. The number of benzene rings is 1. The van der Waals surface area contributed by atoms with Crippen molar-refractivity contribution in [2.45, 2.75) is 18.9 Å². The summed E-state index contributed by atoms with van der Waals surface area (Å²) in [6.45, 7) is 1.17. The average Bonchev–Trinajstić information content (AvgIpc) is 3.57. The number of hydrogen-bond acceptors (Lipinski definition) is 6. The first-order valence-electron chi connectivity index (χ1n) is 10.3. The standard InChI is InChI=1S/C23H19FN8/c24-19-3-1-2-15(10-26)22(19)31-9-6-16(12-31)20(4-7-25)32-13-17(11-30-32)21-18-5-8-27-23(18)29-14-28-21/h1-3,5,8,11,13-14,16,20H,4,6,9,12H2,(H,27,28,29)/t16-,20-/m0/s1. The molecule has 4 aromatic rings. The van der Waals surface area contributed by atoms with Gasteiger partial charge in [-0.25, -0.2) is 14.4 Å². The lowest BCUT2D eigenvalue weighted by Gasteiger charge is -2.24. The summed E-state index contributed by atoms with van der Waals surface area (Å²) in [5.74, 6) is -0.312. The minimum atomic E-state index is -0.401. The first kappa shape index (κ1) is 19.7. The van der Waals surface area contributed by atoms with Crippen molar-refractivity contribution >= 4 is 16.7 Å². The van der Waals surface area contributed by atoms with Crippen LogP contribution in [0, 0.1) is 34.4 Å². The highest BCUT2D eigenvalue weighted by Crippen LogP contribution is 2.36. The third-order valence-corrected chi connectivity index (χ3v) is 6.06. The van der Waals surface area contributed by atoms with Gasteiger partial charge in [0.1, 0.15) is 23.9 Å². The third kappa shape index (κ3) is 3.34. The van der Waals surface area contributed by atoms with Gasteiger partial charge in [0, 0.05) is 42.4 Å². The molecule has 1 N–H and O–H groups in total. The van der Waals surface area contributed by atoms with Crippen LogP contribution in [-0.4, -0.2) is 37.8 Å². The Morgan fingerprint density at radius 3 is 3.00 bits per heavy atom. The predicted molar refractivity (Wildman–Crippen MR) is 116 cm³/mol. The van der Waals surface area contributed by atoms with E-state index in [0.717, 1.165) is 28.7 Å². The molecule has 0 unspecified atom stereocenters. The van der Waals surface area contributed by atoms with Crippen LogP contribution in [0.3, 0.4) is 0 Å². The molecular formula is C23H19FN8. The van der Waals surface area contributed by atoms with Crippen molar-refractivity contribution in [1.29, 1.82) is 10.5 Å². The monoisotopic (exact) mass is 426 g/mol. The summed E-state index contributed by atoms with van der Waals surface area (Å²) in [6, 6.07) is 10.7. The molecule has 9 heteroatoms. The van der Waals surface area contributed by atoms with Crippen molar-refractivity contribution in [3.8, 4) is 23.4 Å². The SMILES string of the molecule is N#CC[C@@H]([C@H]1CCN(c2c(F)cccc2C#N)C1)n1cc(-c2ncnc3[nH]ccc23)cn1. The Morgan fingerprint density at radius 1 is 1.25 bits per heavy atom. The zero-order valence-electron chi connectivity index (χ0n) is 17.1. The highest BCUT2D eigenvalue weighted by Gasteiger charge is 2.33. The van der Waals surface area contributed by atoms with Gasteiger partial charge in [0.25, 0.3) is 0 Å². The van der Waals surface area contributed by atoms with Gasteiger partial charge in [-0.1, -0.05) is 6.07 Å². The Hall–Kier alpha value is -4.24. The van der Waals surface area contributed by atoms with E-state index in [0.29, 0.717) is 24.3 Å². The third-order valence-electron chi connectivity index (χ3n) is 6.06. The molecule has 1 aromatic carbocycles. The average molecular weight is 426 g/mol. The zero-order valence-corrected chi connectivity index (χ0v) is 17.1. The van der Waals surface area contributed by atoms with E-state index in [-0.39, 0.29) is 18.4 Å². The fraction of sp³-hybridized carbons (Fsp3) is 0.261. The minimum Gasteiger partial charge on any atom is -0.368 e. The number of nitrogens with one attached hydrogen (secondary N) is 1. The van der Waals surface area contributed by atoms with Crippen molar-refractivity contribution in [2.75, 3.05) is 18.0 Å². The first-order valence-corrected chi connectivity index (χ1v) is 10.3. The number of para-hydroxylation sites is 1. The number of halogens is 1. The first-order chi connectivity index (χ1) is 15.7. The summed E-state index contributed by atoms with van der Waals surface area (Å²) >= 11 is 0. The predicted octanol–water partition coefficient (Wildman–Crippen LogP) is 3.81. The van der Waals surface area contributed by atoms with Crippen LogP contribution in [0.15, 0.2) is 49.2 Å². The van der Waals surface area contributed by atoms with E-state index in [4.69, 9.17) is 0 Å². The smallest absolute Gasteiger partial charge is 0.147 e. The van der Waals surface area contributed by atoms with Gasteiger partial charge in [0.05, 0.1) is 41.7 Å². The number of fused-ring (bicyclic) bond motifs is 1. The van der Waals surface area contributed by atoms with Gasteiger partial charge >= 0.3 is 0 Å². The van der Waals surface area contributed by atoms with E-state index in [1.165, 1.54) is 12.4 Å². The molecule has 32 heavy (non-hydrogen) atoms. The molecule has 0 spiro atoms. The number of H-pyrrole nitrogens is 1. The van der Waals surface area contributed by atoms with Gasteiger partial charge in [0.15, 0.2) is 0 Å². The summed E-state index contributed by atoms with van der Waals surface area (Å²) in [6.07, 6.45) is 8.03. The van der Waals surface area contributed by atoms with Crippen LogP contribution in [0.25, 0.3) is 22.3 Å². The molecule has 0 bridgehead atoms. The molecule has 0 radical (unpaired) electrons. The zero-order chi connectivity index (χ0) is 22.1. The van der Waals surface area contributed by atoms with Crippen LogP contribution in [-0.2, 0) is 0 Å². The van der Waals surface area contributed by atoms with Crippen molar-refractivity contribution in [2.24, 2.45) is 5.92 Å². The fourth-order valence-corrected chi connectivity index (χ4v) is 4.55. The largest absolute Gasteiger partial charge is 0.368 e. The molecule has 158 valence electrons. The lowest BCUT2D eigenvalue weighted by molar-refractivity contribution is 0.332. The van der Waals surface area contributed by atoms with Crippen molar-refractivity contribution in [3.05, 3.63) is 60.6 Å². The highest BCUT2D eigenvalue weighted by molar-refractivity contribution is 5.89. The molecule has 5 rings (SSSR count). The Bertz CT molecular complexity index is 1360. The normalized spacial score (nSPS) is 16.7. The number of aromatic nitrogens is 5. The van der Waals surface area contributed by atoms with Crippen LogP contribution in [0.1, 0.15) is 24.4 Å². The molecule has 1 aliphatic rings. The van der Waals surface area contributed by atoms with Gasteiger partial charge < -0.3 is 9.88 Å². The molecule has 0 saturated carbocycles. The number of nitrogens with zero attached hydrogens (tertiary/aromatic N) is 7. The maximum absolute atomic E-state index is 14.5. The highest BCUT2D eigenvalue weighted by atomic mass is 19.1. The lowest BCUT2D eigenvalue weighted by Crippen LogP contribution is -2.26. The van der Waals surface area contributed by atoms with Gasteiger partial charge in [-0.15, -0.1) is 0 Å². The van der Waals surface area contributed by atoms with E-state index in [9.17, 15) is 14.9 Å². The number of hydrogen-bond donors (Lipinski definition) is 1. The molecule has 1 saturated heterocycles. The molecule has 1 aliphatic heterocycles. The van der Waals surface area contributed by atoms with Crippen LogP contribution >= 0.6 is 0 Å². The van der Waals surface area contributed by atoms with E-state index in [1.54, 1.807) is 18.3 Å². The Balaban J connectivity index is 1.43. The topological polar surface area (TPSA) is 110 Å². The van der Waals surface area contributed by atoms with Crippen LogP contribution in [0.4, 0.5) is 10.1 Å². The van der Waals surface area contributed by atoms with E-state index >= 15 is 0 Å². The second-order valence-electron chi connectivity index (χ2n) is 7.84. The van der Waals surface area contributed by atoms with E-state index < -0.39 is 5.82 Å². The van der Waals surface area contributed by atoms with Crippen LogP contribution in [0.2, 0.25) is 0 Å². The van der Waals surface area contributed by atoms with Crippen molar-refractivity contribution < 1.29 is 4.39 Å². The van der Waals surface area contributed by atoms with Crippen molar-refractivity contribution in [3.63, 3.8) is 0 Å². The maximum atomic E-state index is 14.5. The maximum Gasteiger partial charge on any atom is 0.147 e. The minimum absolute atomic E-state index is 0.0891. The number of anilines is 1. The van der Waals surface area contributed by atoms with E-state index in [2.05, 4.69) is 32.2 Å². The fourth-order valence-electron chi connectivity index (χ4n) is 4.55. The van der Waals surface area contributed by atoms with E-state index in [1.807, 2.05) is 28.0 Å². The van der Waals surface area contributed by atoms with Gasteiger partial charge in [-0.2, -0.15) is 15.6 Å². The summed E-state index contributed by atoms with van der Waals surface area (Å²) in [5.41, 5.74) is 3.03. The quantitative estimate of drug-likeness (QED) is 0.520. The van der Waals surface area contributed by atoms with Gasteiger partial charge in [-0.3, -0.25) is 4.68 Å². The molecule has 8 nitrogen and oxygen atoms in total. The van der Waals surface area contributed by atoms with Gasteiger partial charge in [-0.05, 0) is 24.6 Å². The Morgan fingerprint density at radius 2 is 2.16 bits per heavy atom. The lowest BCUT2D eigenvalue weighted by atomic mass is 9.96. The summed E-state index contributed by atoms with van der Waals surface area (Å²) in [4.78, 5) is 13.6. The number of rotatable bonds is 5. The summed E-state index contributed by atoms with van der Waals surface area (Å²) < 4.78 is 16.3. The molecule has 3 aromatic heterocycles. The molecule has 0 aliphatic carbocycles. The molecule has 1 fully saturated rings. The van der Waals surface area contributed by atoms with Crippen LogP contribution < -0.4 is 4.90 Å². The number of nitriles is 2.